The van der Waals surface area contributed by atoms with E-state index in [0.29, 0.717) is 54.7 Å². The maximum Gasteiger partial charge on any atom is 0.407 e. The molecule has 31 heavy (non-hydrogen) atoms. The van der Waals surface area contributed by atoms with E-state index in [1.165, 1.54) is 27.5 Å². The number of rotatable bonds is 4. The Labute approximate surface area is 177 Å². The number of aromatic nitrogens is 5. The monoisotopic (exact) mass is 423 g/mol. The van der Waals surface area contributed by atoms with Gasteiger partial charge >= 0.3 is 11.8 Å². The van der Waals surface area contributed by atoms with Gasteiger partial charge in [-0.05, 0) is 13.0 Å². The van der Waals surface area contributed by atoms with E-state index in [0.717, 1.165) is 0 Å². The summed E-state index contributed by atoms with van der Waals surface area (Å²) in [6.45, 7) is 3.51. The highest BCUT2D eigenvalue weighted by atomic mass is 16.5. The molecule has 0 unspecified atom stereocenters. The van der Waals surface area contributed by atoms with E-state index in [1.807, 2.05) is 4.90 Å². The van der Waals surface area contributed by atoms with Crippen molar-refractivity contribution in [1.82, 2.24) is 29.0 Å². The average Bonchev–Trinajstić information content (AvgIpc) is 3.09. The number of methoxy groups -OCH3 is 1. The van der Waals surface area contributed by atoms with Gasteiger partial charge in [0.1, 0.15) is 11.8 Å². The van der Waals surface area contributed by atoms with Crippen LogP contribution in [0.1, 0.15) is 6.92 Å². The second-order valence-electron chi connectivity index (χ2n) is 6.82. The van der Waals surface area contributed by atoms with E-state index in [1.54, 1.807) is 25.3 Å². The van der Waals surface area contributed by atoms with Gasteiger partial charge in [0.05, 0.1) is 25.5 Å². The van der Waals surface area contributed by atoms with Crippen molar-refractivity contribution in [2.24, 2.45) is 0 Å². The van der Waals surface area contributed by atoms with Crippen molar-refractivity contribution in [2.45, 2.75) is 13.5 Å². The molecule has 11 nitrogen and oxygen atoms in total. The molecule has 0 bridgehead atoms. The first-order chi connectivity index (χ1) is 15.0. The van der Waals surface area contributed by atoms with Gasteiger partial charge in [0.25, 0.3) is 0 Å². The van der Waals surface area contributed by atoms with E-state index in [-0.39, 0.29) is 12.2 Å². The molecular weight excluding hydrogens is 402 g/mol. The molecular formula is C20H21N7O4. The van der Waals surface area contributed by atoms with E-state index >= 15 is 0 Å². The molecule has 0 spiro atoms. The number of pyridine rings is 1. The van der Waals surface area contributed by atoms with Gasteiger partial charge in [-0.2, -0.15) is 0 Å². The summed E-state index contributed by atoms with van der Waals surface area (Å²) in [6, 6.07) is 3.40. The summed E-state index contributed by atoms with van der Waals surface area (Å²) in [6.07, 6.45) is 2.01. The lowest BCUT2D eigenvalue weighted by Gasteiger charge is -2.34. The third kappa shape index (κ3) is 3.63. The van der Waals surface area contributed by atoms with Crippen molar-refractivity contribution in [3.05, 3.63) is 35.1 Å². The van der Waals surface area contributed by atoms with Gasteiger partial charge in [0.15, 0.2) is 11.5 Å². The van der Waals surface area contributed by atoms with Gasteiger partial charge in [-0.3, -0.25) is 4.57 Å². The summed E-state index contributed by atoms with van der Waals surface area (Å²) in [5, 5.41) is 9.21. The molecule has 0 atom stereocenters. The Balaban J connectivity index is 1.86. The Hall–Kier alpha value is -4.07. The van der Waals surface area contributed by atoms with Gasteiger partial charge in [-0.25, -0.2) is 29.1 Å². The van der Waals surface area contributed by atoms with Crippen LogP contribution in [0, 0.1) is 11.8 Å². The van der Waals surface area contributed by atoms with Crippen LogP contribution >= 0.6 is 0 Å². The van der Waals surface area contributed by atoms with E-state index < -0.39 is 6.09 Å². The van der Waals surface area contributed by atoms with Crippen molar-refractivity contribution < 1.29 is 14.6 Å². The minimum absolute atomic E-state index is 0.178. The van der Waals surface area contributed by atoms with Crippen molar-refractivity contribution in [3.63, 3.8) is 0 Å². The smallest absolute Gasteiger partial charge is 0.407 e. The predicted molar refractivity (Wildman–Crippen MR) is 113 cm³/mol. The van der Waals surface area contributed by atoms with Crippen LogP contribution in [0.15, 0.2) is 29.5 Å². The van der Waals surface area contributed by atoms with Gasteiger partial charge in [-0.15, -0.1) is 5.92 Å². The first-order valence-electron chi connectivity index (χ1n) is 9.64. The zero-order chi connectivity index (χ0) is 22.0. The predicted octanol–water partition coefficient (Wildman–Crippen LogP) is 0.809. The van der Waals surface area contributed by atoms with Crippen molar-refractivity contribution in [2.75, 3.05) is 38.2 Å². The van der Waals surface area contributed by atoms with Crippen LogP contribution in [0.3, 0.4) is 0 Å². The molecule has 1 N–H and O–H groups in total. The Morgan fingerprint density at radius 1 is 1.19 bits per heavy atom. The lowest BCUT2D eigenvalue weighted by Crippen LogP contribution is -2.48. The third-order valence-corrected chi connectivity index (χ3v) is 5.14. The molecule has 1 aliphatic rings. The molecule has 3 aromatic heterocycles. The summed E-state index contributed by atoms with van der Waals surface area (Å²) in [4.78, 5) is 40.9. The maximum absolute atomic E-state index is 13.4. The molecule has 0 radical (unpaired) electrons. The number of ether oxygens (including phenoxy) is 1. The molecule has 1 amide bonds. The minimum atomic E-state index is -0.944. The summed E-state index contributed by atoms with van der Waals surface area (Å²) in [5.74, 6) is 6.76. The molecule has 11 heteroatoms. The second kappa shape index (κ2) is 8.35. The SMILES string of the molecule is CC#CCn1c(=O)n(-c2ccc(OC)nc2)c2ncnc(N3CCN(C(=O)O)CC3)c21. The summed E-state index contributed by atoms with van der Waals surface area (Å²) in [5.41, 5.74) is 1.21. The Morgan fingerprint density at radius 2 is 1.97 bits per heavy atom. The molecule has 1 aliphatic heterocycles. The van der Waals surface area contributed by atoms with Crippen LogP contribution < -0.4 is 15.3 Å². The normalized spacial score (nSPS) is 13.7. The zero-order valence-electron chi connectivity index (χ0n) is 17.1. The highest BCUT2D eigenvalue weighted by Gasteiger charge is 2.26. The second-order valence-corrected chi connectivity index (χ2v) is 6.82. The molecule has 160 valence electrons. The largest absolute Gasteiger partial charge is 0.481 e. The van der Waals surface area contributed by atoms with Crippen LogP contribution in [-0.4, -0.2) is 73.5 Å². The number of amides is 1. The van der Waals surface area contributed by atoms with Crippen molar-refractivity contribution in [1.29, 1.82) is 0 Å². The number of hydrogen-bond acceptors (Lipinski definition) is 7. The minimum Gasteiger partial charge on any atom is -0.481 e. The number of hydrogen-bond donors (Lipinski definition) is 1. The highest BCUT2D eigenvalue weighted by molar-refractivity contribution is 5.85. The first kappa shape index (κ1) is 20.2. The molecule has 1 saturated heterocycles. The van der Waals surface area contributed by atoms with Crippen LogP contribution in [-0.2, 0) is 6.54 Å². The fourth-order valence-electron chi connectivity index (χ4n) is 3.58. The van der Waals surface area contributed by atoms with Crippen LogP contribution in [0.2, 0.25) is 0 Å². The number of carboxylic acid groups (broad SMARTS) is 1. The quantitative estimate of drug-likeness (QED) is 0.613. The average molecular weight is 423 g/mol. The van der Waals surface area contributed by atoms with E-state index in [9.17, 15) is 14.7 Å². The topological polar surface area (TPSA) is 119 Å². The summed E-state index contributed by atoms with van der Waals surface area (Å²) in [7, 11) is 1.52. The van der Waals surface area contributed by atoms with Gasteiger partial charge < -0.3 is 19.6 Å². The third-order valence-electron chi connectivity index (χ3n) is 5.14. The molecule has 0 aromatic carbocycles. The van der Waals surface area contributed by atoms with Gasteiger partial charge in [-0.1, -0.05) is 5.92 Å². The molecule has 4 rings (SSSR count). The van der Waals surface area contributed by atoms with Crippen molar-refractivity contribution >= 4 is 23.1 Å². The number of anilines is 1. The number of nitrogens with zero attached hydrogens (tertiary/aromatic N) is 7. The Bertz CT molecular complexity index is 1230. The highest BCUT2D eigenvalue weighted by Crippen LogP contribution is 2.25. The lowest BCUT2D eigenvalue weighted by molar-refractivity contribution is 0.142. The van der Waals surface area contributed by atoms with Crippen LogP contribution in [0.25, 0.3) is 16.9 Å². The maximum atomic E-state index is 13.4. The fraction of sp³-hybridized carbons (Fsp3) is 0.350. The summed E-state index contributed by atoms with van der Waals surface area (Å²) >= 11 is 0. The molecule has 4 heterocycles. The summed E-state index contributed by atoms with van der Waals surface area (Å²) < 4.78 is 8.11. The molecule has 3 aromatic rings. The van der Waals surface area contributed by atoms with Crippen molar-refractivity contribution in [3.8, 4) is 23.4 Å². The van der Waals surface area contributed by atoms with Gasteiger partial charge in [0, 0.05) is 32.2 Å². The van der Waals surface area contributed by atoms with Crippen LogP contribution in [0.5, 0.6) is 5.88 Å². The number of carbonyl (C=O) groups is 1. The molecule has 0 aliphatic carbocycles. The first-order valence-corrected chi connectivity index (χ1v) is 9.64. The molecule has 1 fully saturated rings. The zero-order valence-corrected chi connectivity index (χ0v) is 17.1. The molecule has 0 saturated carbocycles. The van der Waals surface area contributed by atoms with E-state index in [2.05, 4.69) is 26.8 Å². The number of fused-ring (bicyclic) bond motifs is 1. The lowest BCUT2D eigenvalue weighted by atomic mass is 10.3. The standard InChI is InChI=1S/C20H21N7O4/c1-3-4-7-26-16-17(24-8-10-25(11-9-24)20(29)30)22-13-23-18(16)27(19(26)28)14-5-6-15(31-2)21-12-14/h5-6,12-13H,7-11H2,1-2H3,(H,29,30). The fourth-order valence-corrected chi connectivity index (χ4v) is 3.58. The number of piperazine rings is 1. The van der Waals surface area contributed by atoms with Gasteiger partial charge in [0.2, 0.25) is 5.88 Å². The Kier molecular flexibility index (Phi) is 5.44. The Morgan fingerprint density at radius 3 is 2.58 bits per heavy atom. The van der Waals surface area contributed by atoms with E-state index in [4.69, 9.17) is 4.74 Å². The van der Waals surface area contributed by atoms with Crippen LogP contribution in [0.4, 0.5) is 10.6 Å². The number of imidazole rings is 1.